The Kier molecular flexibility index (Phi) is 10.3. The third-order valence-electron chi connectivity index (χ3n) is 6.94. The molecule has 3 rings (SSSR count). The number of hydrogen-bond donors (Lipinski definition) is 0. The molecular weight excluding hydrogens is 446 g/mol. The van der Waals surface area contributed by atoms with Crippen LogP contribution in [0.2, 0.25) is 0 Å². The molecule has 1 heterocycles. The van der Waals surface area contributed by atoms with E-state index in [-0.39, 0.29) is 24.4 Å². The minimum absolute atomic E-state index is 0.00880. The lowest BCUT2D eigenvalue weighted by molar-refractivity contribution is -0.142. The zero-order valence-corrected chi connectivity index (χ0v) is 22.3. The average Bonchev–Trinajstić information content (AvgIpc) is 3.33. The maximum Gasteiger partial charge on any atom is 0.242 e. The highest BCUT2D eigenvalue weighted by Crippen LogP contribution is 2.17. The molecule has 0 aliphatic rings. The van der Waals surface area contributed by atoms with Gasteiger partial charge in [0, 0.05) is 37.4 Å². The Morgan fingerprint density at radius 1 is 0.917 bits per heavy atom. The van der Waals surface area contributed by atoms with Crippen molar-refractivity contribution in [2.24, 2.45) is 0 Å². The van der Waals surface area contributed by atoms with Gasteiger partial charge >= 0.3 is 0 Å². The van der Waals surface area contributed by atoms with Crippen molar-refractivity contribution < 1.29 is 9.59 Å². The van der Waals surface area contributed by atoms with Gasteiger partial charge in [0.15, 0.2) is 0 Å². The number of nitrogens with zero attached hydrogens (tertiary/aromatic N) is 3. The zero-order valence-electron chi connectivity index (χ0n) is 22.3. The van der Waals surface area contributed by atoms with E-state index in [0.29, 0.717) is 25.9 Å². The van der Waals surface area contributed by atoms with Crippen LogP contribution in [0.5, 0.6) is 0 Å². The van der Waals surface area contributed by atoms with Crippen LogP contribution in [0, 0.1) is 6.92 Å². The molecule has 3 aromatic rings. The molecule has 0 aliphatic carbocycles. The molecule has 0 fully saturated rings. The third kappa shape index (κ3) is 7.58. The first kappa shape index (κ1) is 27.3. The van der Waals surface area contributed by atoms with Gasteiger partial charge in [-0.05, 0) is 61.9 Å². The van der Waals surface area contributed by atoms with E-state index in [2.05, 4.69) is 61.9 Å². The van der Waals surface area contributed by atoms with Crippen LogP contribution in [0.15, 0.2) is 72.9 Å². The SMILES string of the molecule is CCCN(CC(=O)N(Cc1cccn1Cc1ccccc1C)C(C)CC)C(=O)CCc1ccccc1. The molecule has 0 spiro atoms. The van der Waals surface area contributed by atoms with Gasteiger partial charge in [-0.1, -0.05) is 68.4 Å². The van der Waals surface area contributed by atoms with Gasteiger partial charge in [0.25, 0.3) is 0 Å². The van der Waals surface area contributed by atoms with Crippen LogP contribution in [0.25, 0.3) is 0 Å². The Morgan fingerprint density at radius 2 is 1.64 bits per heavy atom. The Bertz CT molecular complexity index is 1110. The summed E-state index contributed by atoms with van der Waals surface area (Å²) in [5.74, 6) is 0.0515. The van der Waals surface area contributed by atoms with Gasteiger partial charge in [-0.3, -0.25) is 9.59 Å². The van der Waals surface area contributed by atoms with E-state index >= 15 is 0 Å². The van der Waals surface area contributed by atoms with Crippen LogP contribution in [0.4, 0.5) is 0 Å². The second kappa shape index (κ2) is 13.7. The van der Waals surface area contributed by atoms with Crippen LogP contribution in [-0.4, -0.2) is 45.3 Å². The van der Waals surface area contributed by atoms with Gasteiger partial charge in [-0.25, -0.2) is 0 Å². The number of carbonyl (C=O) groups excluding carboxylic acids is 2. The smallest absolute Gasteiger partial charge is 0.242 e. The Hall–Kier alpha value is -3.34. The maximum atomic E-state index is 13.6. The molecule has 192 valence electrons. The lowest BCUT2D eigenvalue weighted by Crippen LogP contribution is -2.46. The van der Waals surface area contributed by atoms with Crippen LogP contribution >= 0.6 is 0 Å². The molecule has 0 bridgehead atoms. The standard InChI is InChI=1S/C31H41N3O2/c1-5-20-33(30(35)19-18-27-14-8-7-9-15-27)24-31(36)34(26(4)6-2)23-29-17-12-21-32(29)22-28-16-11-10-13-25(28)3/h7-17,21,26H,5-6,18-20,22-24H2,1-4H3. The summed E-state index contributed by atoms with van der Waals surface area (Å²) in [6.07, 6.45) is 4.87. The van der Waals surface area contributed by atoms with Crippen molar-refractivity contribution in [1.82, 2.24) is 14.4 Å². The highest BCUT2D eigenvalue weighted by atomic mass is 16.2. The van der Waals surface area contributed by atoms with Gasteiger partial charge in [0.2, 0.25) is 11.8 Å². The molecule has 0 aliphatic heterocycles. The molecule has 5 nitrogen and oxygen atoms in total. The Labute approximate surface area is 216 Å². The summed E-state index contributed by atoms with van der Waals surface area (Å²) in [6.45, 7) is 10.4. The zero-order chi connectivity index (χ0) is 25.9. The number of carbonyl (C=O) groups is 2. The quantitative estimate of drug-likeness (QED) is 0.304. The van der Waals surface area contributed by atoms with Crippen LogP contribution < -0.4 is 0 Å². The molecule has 1 atom stereocenters. The third-order valence-corrected chi connectivity index (χ3v) is 6.94. The van der Waals surface area contributed by atoms with E-state index in [1.807, 2.05) is 48.2 Å². The van der Waals surface area contributed by atoms with Crippen molar-refractivity contribution in [3.63, 3.8) is 0 Å². The van der Waals surface area contributed by atoms with Gasteiger partial charge in [-0.15, -0.1) is 0 Å². The average molecular weight is 488 g/mol. The van der Waals surface area contributed by atoms with Crippen molar-refractivity contribution in [3.8, 4) is 0 Å². The van der Waals surface area contributed by atoms with Crippen molar-refractivity contribution in [3.05, 3.63) is 95.3 Å². The molecule has 1 unspecified atom stereocenters. The van der Waals surface area contributed by atoms with Crippen LogP contribution in [0.3, 0.4) is 0 Å². The maximum absolute atomic E-state index is 13.6. The monoisotopic (exact) mass is 487 g/mol. The second-order valence-corrected chi connectivity index (χ2v) is 9.63. The van der Waals surface area contributed by atoms with Crippen LogP contribution in [0.1, 0.15) is 62.4 Å². The van der Waals surface area contributed by atoms with E-state index in [4.69, 9.17) is 0 Å². The predicted octanol–water partition coefficient (Wildman–Crippen LogP) is 5.84. The van der Waals surface area contributed by atoms with Crippen molar-refractivity contribution in [1.29, 1.82) is 0 Å². The lowest BCUT2D eigenvalue weighted by Gasteiger charge is -2.32. The molecule has 36 heavy (non-hydrogen) atoms. The van der Waals surface area contributed by atoms with Gasteiger partial charge in [-0.2, -0.15) is 0 Å². The van der Waals surface area contributed by atoms with E-state index in [0.717, 1.165) is 30.6 Å². The fourth-order valence-electron chi connectivity index (χ4n) is 4.47. The van der Waals surface area contributed by atoms with Gasteiger partial charge < -0.3 is 14.4 Å². The fourth-order valence-corrected chi connectivity index (χ4v) is 4.47. The topological polar surface area (TPSA) is 45.6 Å². The van der Waals surface area contributed by atoms with E-state index in [1.54, 1.807) is 4.90 Å². The molecule has 5 heteroatoms. The Morgan fingerprint density at radius 3 is 2.33 bits per heavy atom. The minimum Gasteiger partial charge on any atom is -0.345 e. The normalized spacial score (nSPS) is 11.8. The summed E-state index contributed by atoms with van der Waals surface area (Å²) in [6, 6.07) is 22.7. The van der Waals surface area contributed by atoms with Crippen molar-refractivity contribution >= 4 is 11.8 Å². The summed E-state index contributed by atoms with van der Waals surface area (Å²) in [5, 5.41) is 0. The molecule has 0 saturated carbocycles. The number of aromatic nitrogens is 1. The van der Waals surface area contributed by atoms with E-state index in [1.165, 1.54) is 11.1 Å². The molecule has 0 radical (unpaired) electrons. The highest BCUT2D eigenvalue weighted by molar-refractivity contribution is 5.85. The van der Waals surface area contributed by atoms with E-state index < -0.39 is 0 Å². The number of aryl methyl sites for hydroxylation is 2. The lowest BCUT2D eigenvalue weighted by atomic mass is 10.1. The fraction of sp³-hybridized carbons (Fsp3) is 0.419. The summed E-state index contributed by atoms with van der Waals surface area (Å²) < 4.78 is 2.22. The van der Waals surface area contributed by atoms with Crippen molar-refractivity contribution in [2.45, 2.75) is 72.5 Å². The van der Waals surface area contributed by atoms with Gasteiger partial charge in [0.1, 0.15) is 0 Å². The first-order chi connectivity index (χ1) is 17.4. The van der Waals surface area contributed by atoms with E-state index in [9.17, 15) is 9.59 Å². The van der Waals surface area contributed by atoms with Gasteiger partial charge in [0.05, 0.1) is 13.1 Å². The molecule has 0 N–H and O–H groups in total. The molecule has 1 aromatic heterocycles. The molecular formula is C31H41N3O2. The molecule has 2 amide bonds. The first-order valence-corrected chi connectivity index (χ1v) is 13.2. The second-order valence-electron chi connectivity index (χ2n) is 9.63. The number of hydrogen-bond acceptors (Lipinski definition) is 2. The Balaban J connectivity index is 1.70. The predicted molar refractivity (Wildman–Crippen MR) is 147 cm³/mol. The summed E-state index contributed by atoms with van der Waals surface area (Å²) in [5.41, 5.74) is 4.78. The molecule has 0 saturated heterocycles. The summed E-state index contributed by atoms with van der Waals surface area (Å²) >= 11 is 0. The van der Waals surface area contributed by atoms with Crippen LogP contribution in [-0.2, 0) is 29.1 Å². The number of benzene rings is 2. The molecule has 2 aromatic carbocycles. The highest BCUT2D eigenvalue weighted by Gasteiger charge is 2.24. The first-order valence-electron chi connectivity index (χ1n) is 13.2. The largest absolute Gasteiger partial charge is 0.345 e. The number of amides is 2. The minimum atomic E-state index is 0.00880. The number of rotatable bonds is 13. The van der Waals surface area contributed by atoms with Crippen molar-refractivity contribution in [2.75, 3.05) is 13.1 Å². The summed E-state index contributed by atoms with van der Waals surface area (Å²) in [7, 11) is 0. The summed E-state index contributed by atoms with van der Waals surface area (Å²) in [4.78, 5) is 30.3.